The number of likely N-dealkylation sites (N-methyl/N-ethyl adjacent to an activating group) is 1. The zero-order chi connectivity index (χ0) is 13.7. The minimum atomic E-state index is 0.673. The van der Waals surface area contributed by atoms with E-state index in [2.05, 4.69) is 22.2 Å². The van der Waals surface area contributed by atoms with Crippen LogP contribution in [0.2, 0.25) is 0 Å². The minimum Gasteiger partial charge on any atom is -0.495 e. The third-order valence-corrected chi connectivity index (χ3v) is 3.59. The van der Waals surface area contributed by atoms with Gasteiger partial charge in [-0.1, -0.05) is 0 Å². The Bertz CT molecular complexity index is 402. The molecule has 1 aliphatic rings. The molecule has 1 aliphatic heterocycles. The van der Waals surface area contributed by atoms with Gasteiger partial charge in [0.15, 0.2) is 0 Å². The van der Waals surface area contributed by atoms with Crippen molar-refractivity contribution in [2.45, 2.75) is 0 Å². The fourth-order valence-corrected chi connectivity index (χ4v) is 2.25. The standard InChI is InChI=1S/C14H24N4O/c1-17-7-9-18(10-8-17)6-5-16-12-3-4-13(15)14(11-12)19-2/h3-4,11,16H,5-10,15H2,1-2H3. The Morgan fingerprint density at radius 2 is 2.00 bits per heavy atom. The van der Waals surface area contributed by atoms with Crippen molar-refractivity contribution in [1.82, 2.24) is 9.80 Å². The molecule has 1 fully saturated rings. The number of anilines is 2. The van der Waals surface area contributed by atoms with Crippen molar-refractivity contribution < 1.29 is 4.74 Å². The molecule has 0 aliphatic carbocycles. The highest BCUT2D eigenvalue weighted by atomic mass is 16.5. The number of ether oxygens (including phenoxy) is 1. The van der Waals surface area contributed by atoms with Crippen molar-refractivity contribution in [2.75, 3.05) is 64.5 Å². The smallest absolute Gasteiger partial charge is 0.143 e. The second-order valence-corrected chi connectivity index (χ2v) is 5.03. The van der Waals surface area contributed by atoms with E-state index in [1.54, 1.807) is 7.11 Å². The maximum absolute atomic E-state index is 5.79. The first-order valence-electron chi connectivity index (χ1n) is 6.77. The Labute approximate surface area is 115 Å². The topological polar surface area (TPSA) is 53.8 Å². The maximum atomic E-state index is 5.79. The molecule has 1 heterocycles. The lowest BCUT2D eigenvalue weighted by molar-refractivity contribution is 0.158. The highest BCUT2D eigenvalue weighted by Gasteiger charge is 2.12. The molecular weight excluding hydrogens is 240 g/mol. The van der Waals surface area contributed by atoms with Gasteiger partial charge in [0.25, 0.3) is 0 Å². The molecule has 1 aromatic carbocycles. The van der Waals surface area contributed by atoms with E-state index in [9.17, 15) is 0 Å². The van der Waals surface area contributed by atoms with Crippen LogP contribution in [0.1, 0.15) is 0 Å². The molecule has 1 aromatic rings. The lowest BCUT2D eigenvalue weighted by Crippen LogP contribution is -2.45. The van der Waals surface area contributed by atoms with Crippen molar-refractivity contribution >= 4 is 11.4 Å². The van der Waals surface area contributed by atoms with E-state index in [4.69, 9.17) is 10.5 Å². The molecule has 0 bridgehead atoms. The molecule has 19 heavy (non-hydrogen) atoms. The van der Waals surface area contributed by atoms with Crippen molar-refractivity contribution in [3.05, 3.63) is 18.2 Å². The predicted octanol–water partition coefficient (Wildman–Crippen LogP) is 0.937. The molecule has 5 heteroatoms. The quantitative estimate of drug-likeness (QED) is 0.775. The third-order valence-electron chi connectivity index (χ3n) is 3.59. The third kappa shape index (κ3) is 4.01. The van der Waals surface area contributed by atoms with E-state index in [0.717, 1.165) is 50.7 Å². The number of nitrogens with zero attached hydrogens (tertiary/aromatic N) is 2. The van der Waals surface area contributed by atoms with E-state index in [-0.39, 0.29) is 0 Å². The summed E-state index contributed by atoms with van der Waals surface area (Å²) in [6.07, 6.45) is 0. The largest absolute Gasteiger partial charge is 0.495 e. The van der Waals surface area contributed by atoms with Gasteiger partial charge in [0.1, 0.15) is 5.75 Å². The molecule has 0 saturated carbocycles. The summed E-state index contributed by atoms with van der Waals surface area (Å²) in [6, 6.07) is 5.80. The van der Waals surface area contributed by atoms with E-state index in [0.29, 0.717) is 5.69 Å². The van der Waals surface area contributed by atoms with Gasteiger partial charge < -0.3 is 20.7 Å². The van der Waals surface area contributed by atoms with Gasteiger partial charge in [-0.3, -0.25) is 4.90 Å². The molecule has 0 unspecified atom stereocenters. The first-order chi connectivity index (χ1) is 9.19. The van der Waals surface area contributed by atoms with E-state index >= 15 is 0 Å². The Balaban J connectivity index is 1.76. The number of hydrogen-bond acceptors (Lipinski definition) is 5. The summed E-state index contributed by atoms with van der Waals surface area (Å²) in [5.41, 5.74) is 7.52. The van der Waals surface area contributed by atoms with Crippen molar-refractivity contribution in [3.63, 3.8) is 0 Å². The Hall–Kier alpha value is -1.46. The predicted molar refractivity (Wildman–Crippen MR) is 79.8 cm³/mol. The van der Waals surface area contributed by atoms with Gasteiger partial charge in [0.05, 0.1) is 12.8 Å². The lowest BCUT2D eigenvalue weighted by Gasteiger charge is -2.32. The molecule has 5 nitrogen and oxygen atoms in total. The minimum absolute atomic E-state index is 0.673. The van der Waals surface area contributed by atoms with Gasteiger partial charge in [0.2, 0.25) is 0 Å². The number of piperazine rings is 1. The number of nitrogens with two attached hydrogens (primary N) is 1. The average molecular weight is 264 g/mol. The fraction of sp³-hybridized carbons (Fsp3) is 0.571. The van der Waals surface area contributed by atoms with Crippen molar-refractivity contribution in [1.29, 1.82) is 0 Å². The van der Waals surface area contributed by atoms with Crippen LogP contribution in [0, 0.1) is 0 Å². The molecule has 2 rings (SSSR count). The number of hydrogen-bond donors (Lipinski definition) is 2. The monoisotopic (exact) mass is 264 g/mol. The SMILES string of the molecule is COc1cc(NCCN2CCN(C)CC2)ccc1N. The molecule has 0 aromatic heterocycles. The van der Waals surface area contributed by atoms with Gasteiger partial charge >= 0.3 is 0 Å². The Kier molecular flexibility index (Phi) is 4.87. The van der Waals surface area contributed by atoms with Gasteiger partial charge in [-0.25, -0.2) is 0 Å². The average Bonchev–Trinajstić information content (AvgIpc) is 2.43. The number of nitrogens with one attached hydrogen (secondary N) is 1. The zero-order valence-corrected chi connectivity index (χ0v) is 11.9. The Morgan fingerprint density at radius 3 is 2.68 bits per heavy atom. The van der Waals surface area contributed by atoms with Gasteiger partial charge in [-0.05, 0) is 19.2 Å². The van der Waals surface area contributed by atoms with Crippen LogP contribution in [-0.2, 0) is 0 Å². The second-order valence-electron chi connectivity index (χ2n) is 5.03. The molecule has 0 amide bonds. The van der Waals surface area contributed by atoms with Crippen LogP contribution in [0.5, 0.6) is 5.75 Å². The van der Waals surface area contributed by atoms with E-state index in [1.165, 1.54) is 0 Å². The maximum Gasteiger partial charge on any atom is 0.143 e. The first-order valence-corrected chi connectivity index (χ1v) is 6.77. The number of methoxy groups -OCH3 is 1. The summed E-state index contributed by atoms with van der Waals surface area (Å²) < 4.78 is 5.21. The molecule has 0 atom stereocenters. The Morgan fingerprint density at radius 1 is 1.26 bits per heavy atom. The van der Waals surface area contributed by atoms with Crippen LogP contribution in [0.15, 0.2) is 18.2 Å². The normalized spacial score (nSPS) is 17.4. The van der Waals surface area contributed by atoms with Crippen molar-refractivity contribution in [2.24, 2.45) is 0 Å². The molecule has 0 spiro atoms. The van der Waals surface area contributed by atoms with E-state index in [1.807, 2.05) is 18.2 Å². The highest BCUT2D eigenvalue weighted by molar-refractivity contribution is 5.61. The van der Waals surface area contributed by atoms with Crippen LogP contribution in [0.25, 0.3) is 0 Å². The molecule has 0 radical (unpaired) electrons. The van der Waals surface area contributed by atoms with Gasteiger partial charge in [0, 0.05) is 51.0 Å². The van der Waals surface area contributed by atoms with Gasteiger partial charge in [-0.15, -0.1) is 0 Å². The second kappa shape index (κ2) is 6.63. The van der Waals surface area contributed by atoms with Crippen LogP contribution >= 0.6 is 0 Å². The van der Waals surface area contributed by atoms with Gasteiger partial charge in [-0.2, -0.15) is 0 Å². The molecule has 3 N–H and O–H groups in total. The summed E-state index contributed by atoms with van der Waals surface area (Å²) in [5.74, 6) is 0.726. The summed E-state index contributed by atoms with van der Waals surface area (Å²) in [4.78, 5) is 4.86. The number of rotatable bonds is 5. The highest BCUT2D eigenvalue weighted by Crippen LogP contribution is 2.24. The van der Waals surface area contributed by atoms with Crippen LogP contribution in [0.3, 0.4) is 0 Å². The van der Waals surface area contributed by atoms with Crippen LogP contribution < -0.4 is 15.8 Å². The summed E-state index contributed by atoms with van der Waals surface area (Å²) >= 11 is 0. The molecule has 1 saturated heterocycles. The number of benzene rings is 1. The zero-order valence-electron chi connectivity index (χ0n) is 11.9. The number of nitrogen functional groups attached to an aromatic ring is 1. The lowest BCUT2D eigenvalue weighted by atomic mass is 10.2. The summed E-state index contributed by atoms with van der Waals surface area (Å²) in [6.45, 7) is 6.65. The van der Waals surface area contributed by atoms with E-state index < -0.39 is 0 Å². The van der Waals surface area contributed by atoms with Crippen LogP contribution in [-0.4, -0.2) is 63.2 Å². The molecular formula is C14H24N4O. The van der Waals surface area contributed by atoms with Crippen molar-refractivity contribution in [3.8, 4) is 5.75 Å². The summed E-state index contributed by atoms with van der Waals surface area (Å²) in [5, 5.41) is 3.41. The summed E-state index contributed by atoms with van der Waals surface area (Å²) in [7, 11) is 3.82. The van der Waals surface area contributed by atoms with Crippen LogP contribution in [0.4, 0.5) is 11.4 Å². The fourth-order valence-electron chi connectivity index (χ4n) is 2.25. The first kappa shape index (κ1) is 14.0. The molecule has 106 valence electrons.